The molecule has 0 amide bonds. The van der Waals surface area contributed by atoms with Crippen LogP contribution in [0.2, 0.25) is 0 Å². The average Bonchev–Trinajstić information content (AvgIpc) is 2.11. The van der Waals surface area contributed by atoms with E-state index in [4.69, 9.17) is 4.74 Å². The van der Waals surface area contributed by atoms with Crippen molar-refractivity contribution >= 4 is 0 Å². The van der Waals surface area contributed by atoms with Gasteiger partial charge in [-0.15, -0.1) is 0 Å². The predicted octanol–water partition coefficient (Wildman–Crippen LogP) is 2.19. The molecule has 0 saturated carbocycles. The minimum absolute atomic E-state index is 0.676. The SMILES string of the molecule is CCCOCCNC(CC)CC. The summed E-state index contributed by atoms with van der Waals surface area (Å²) in [7, 11) is 0. The summed E-state index contributed by atoms with van der Waals surface area (Å²) in [5.41, 5.74) is 0. The zero-order valence-electron chi connectivity index (χ0n) is 8.73. The molecule has 0 unspecified atom stereocenters. The standard InChI is InChI=1S/C10H23NO/c1-4-8-12-9-7-11-10(5-2)6-3/h10-11H,4-9H2,1-3H3. The van der Waals surface area contributed by atoms with Gasteiger partial charge in [-0.05, 0) is 19.3 Å². The molecule has 2 nitrogen and oxygen atoms in total. The van der Waals surface area contributed by atoms with Gasteiger partial charge in [0.2, 0.25) is 0 Å². The molecule has 0 radical (unpaired) electrons. The van der Waals surface area contributed by atoms with Crippen LogP contribution in [0.5, 0.6) is 0 Å². The van der Waals surface area contributed by atoms with Crippen molar-refractivity contribution in [1.29, 1.82) is 0 Å². The molecule has 0 spiro atoms. The first-order valence-electron chi connectivity index (χ1n) is 5.16. The molecule has 0 fully saturated rings. The zero-order chi connectivity index (χ0) is 9.23. The fourth-order valence-corrected chi connectivity index (χ4v) is 1.16. The van der Waals surface area contributed by atoms with Crippen LogP contribution in [0, 0.1) is 0 Å². The molecule has 0 heterocycles. The maximum Gasteiger partial charge on any atom is 0.0590 e. The Bertz CT molecular complexity index is 81.9. The summed E-state index contributed by atoms with van der Waals surface area (Å²) in [6, 6.07) is 0.676. The summed E-state index contributed by atoms with van der Waals surface area (Å²) in [4.78, 5) is 0. The molecule has 0 rings (SSSR count). The van der Waals surface area contributed by atoms with Crippen molar-refractivity contribution in [1.82, 2.24) is 5.32 Å². The Kier molecular flexibility index (Phi) is 8.95. The summed E-state index contributed by atoms with van der Waals surface area (Å²) >= 11 is 0. The van der Waals surface area contributed by atoms with E-state index in [-0.39, 0.29) is 0 Å². The van der Waals surface area contributed by atoms with Crippen molar-refractivity contribution in [3.63, 3.8) is 0 Å². The van der Waals surface area contributed by atoms with Gasteiger partial charge in [-0.3, -0.25) is 0 Å². The topological polar surface area (TPSA) is 21.3 Å². The first-order chi connectivity index (χ1) is 5.85. The molecule has 2 heteroatoms. The second-order valence-electron chi connectivity index (χ2n) is 3.08. The van der Waals surface area contributed by atoms with Gasteiger partial charge in [-0.1, -0.05) is 20.8 Å². The van der Waals surface area contributed by atoms with Crippen molar-refractivity contribution in [2.45, 2.75) is 46.1 Å². The van der Waals surface area contributed by atoms with Crippen molar-refractivity contribution < 1.29 is 4.74 Å². The normalized spacial score (nSPS) is 11.0. The van der Waals surface area contributed by atoms with Crippen LogP contribution in [0.3, 0.4) is 0 Å². The van der Waals surface area contributed by atoms with Crippen LogP contribution in [0.4, 0.5) is 0 Å². The number of hydrogen-bond donors (Lipinski definition) is 1. The lowest BCUT2D eigenvalue weighted by Crippen LogP contribution is -2.30. The molecule has 0 aliphatic rings. The van der Waals surface area contributed by atoms with Crippen LogP contribution in [0.25, 0.3) is 0 Å². The van der Waals surface area contributed by atoms with Crippen molar-refractivity contribution in [3.05, 3.63) is 0 Å². The van der Waals surface area contributed by atoms with E-state index in [9.17, 15) is 0 Å². The predicted molar refractivity (Wildman–Crippen MR) is 53.5 cm³/mol. The third kappa shape index (κ3) is 6.62. The van der Waals surface area contributed by atoms with E-state index in [1.165, 1.54) is 12.8 Å². The fraction of sp³-hybridized carbons (Fsp3) is 1.00. The number of hydrogen-bond acceptors (Lipinski definition) is 2. The Balaban J connectivity index is 3.06. The lowest BCUT2D eigenvalue weighted by atomic mass is 10.2. The molecule has 74 valence electrons. The van der Waals surface area contributed by atoms with E-state index in [1.807, 2.05) is 0 Å². The van der Waals surface area contributed by atoms with E-state index >= 15 is 0 Å². The molecule has 0 bridgehead atoms. The monoisotopic (exact) mass is 173 g/mol. The highest BCUT2D eigenvalue weighted by Gasteiger charge is 1.99. The molecule has 0 aliphatic heterocycles. The van der Waals surface area contributed by atoms with Gasteiger partial charge in [0.25, 0.3) is 0 Å². The molecule has 1 N–H and O–H groups in total. The third-order valence-corrected chi connectivity index (χ3v) is 2.01. The summed E-state index contributed by atoms with van der Waals surface area (Å²) in [5, 5.41) is 3.45. The molecular formula is C10H23NO. The van der Waals surface area contributed by atoms with Crippen LogP contribution < -0.4 is 5.32 Å². The second-order valence-corrected chi connectivity index (χ2v) is 3.08. The first kappa shape index (κ1) is 11.9. The Morgan fingerprint density at radius 2 is 1.75 bits per heavy atom. The number of rotatable bonds is 8. The van der Waals surface area contributed by atoms with Gasteiger partial charge < -0.3 is 10.1 Å². The first-order valence-corrected chi connectivity index (χ1v) is 5.16. The molecular weight excluding hydrogens is 150 g/mol. The van der Waals surface area contributed by atoms with Gasteiger partial charge in [0.05, 0.1) is 6.61 Å². The Morgan fingerprint density at radius 1 is 1.08 bits per heavy atom. The van der Waals surface area contributed by atoms with E-state index < -0.39 is 0 Å². The second kappa shape index (κ2) is 9.01. The van der Waals surface area contributed by atoms with Gasteiger partial charge in [-0.25, -0.2) is 0 Å². The van der Waals surface area contributed by atoms with Gasteiger partial charge >= 0.3 is 0 Å². The highest BCUT2D eigenvalue weighted by molar-refractivity contribution is 4.61. The molecule has 0 aromatic carbocycles. The Hall–Kier alpha value is -0.0800. The minimum Gasteiger partial charge on any atom is -0.380 e. The van der Waals surface area contributed by atoms with Crippen molar-refractivity contribution in [2.75, 3.05) is 19.8 Å². The van der Waals surface area contributed by atoms with Gasteiger partial charge in [0, 0.05) is 19.2 Å². The highest BCUT2D eigenvalue weighted by atomic mass is 16.5. The Morgan fingerprint density at radius 3 is 2.25 bits per heavy atom. The zero-order valence-corrected chi connectivity index (χ0v) is 8.73. The smallest absolute Gasteiger partial charge is 0.0590 e. The highest BCUT2D eigenvalue weighted by Crippen LogP contribution is 1.94. The van der Waals surface area contributed by atoms with Crippen LogP contribution in [0.15, 0.2) is 0 Å². The number of nitrogens with one attached hydrogen (secondary N) is 1. The minimum atomic E-state index is 0.676. The molecule has 0 atom stereocenters. The maximum atomic E-state index is 5.36. The summed E-state index contributed by atoms with van der Waals surface area (Å²) in [6.45, 7) is 9.30. The third-order valence-electron chi connectivity index (χ3n) is 2.01. The maximum absolute atomic E-state index is 5.36. The number of ether oxygens (including phenoxy) is 1. The quantitative estimate of drug-likeness (QED) is 0.568. The van der Waals surface area contributed by atoms with Crippen LogP contribution in [0.1, 0.15) is 40.0 Å². The lowest BCUT2D eigenvalue weighted by molar-refractivity contribution is 0.134. The largest absolute Gasteiger partial charge is 0.380 e. The van der Waals surface area contributed by atoms with E-state index in [2.05, 4.69) is 26.1 Å². The van der Waals surface area contributed by atoms with Crippen molar-refractivity contribution in [2.24, 2.45) is 0 Å². The van der Waals surface area contributed by atoms with E-state index in [1.54, 1.807) is 0 Å². The van der Waals surface area contributed by atoms with Gasteiger partial charge in [0.15, 0.2) is 0 Å². The van der Waals surface area contributed by atoms with E-state index in [0.717, 1.165) is 26.2 Å². The lowest BCUT2D eigenvalue weighted by Gasteiger charge is -2.14. The molecule has 0 aromatic heterocycles. The summed E-state index contributed by atoms with van der Waals surface area (Å²) in [5.74, 6) is 0. The Labute approximate surface area is 76.7 Å². The van der Waals surface area contributed by atoms with Gasteiger partial charge in [0.1, 0.15) is 0 Å². The van der Waals surface area contributed by atoms with Gasteiger partial charge in [-0.2, -0.15) is 0 Å². The van der Waals surface area contributed by atoms with Crippen LogP contribution >= 0.6 is 0 Å². The fourth-order valence-electron chi connectivity index (χ4n) is 1.16. The van der Waals surface area contributed by atoms with Crippen LogP contribution in [-0.4, -0.2) is 25.8 Å². The molecule has 0 aliphatic carbocycles. The summed E-state index contributed by atoms with van der Waals surface area (Å²) < 4.78 is 5.36. The van der Waals surface area contributed by atoms with Crippen molar-refractivity contribution in [3.8, 4) is 0 Å². The molecule has 0 saturated heterocycles. The van der Waals surface area contributed by atoms with Crippen LogP contribution in [-0.2, 0) is 4.74 Å². The molecule has 12 heavy (non-hydrogen) atoms. The van der Waals surface area contributed by atoms with E-state index in [0.29, 0.717) is 6.04 Å². The summed E-state index contributed by atoms with van der Waals surface area (Å²) in [6.07, 6.45) is 3.54. The molecule has 0 aromatic rings. The average molecular weight is 173 g/mol.